The van der Waals surface area contributed by atoms with Gasteiger partial charge in [0.15, 0.2) is 17.8 Å². The molecule has 1 aliphatic heterocycles. The zero-order chi connectivity index (χ0) is 16.9. The Morgan fingerprint density at radius 3 is 2.46 bits per heavy atom. The molecule has 0 spiro atoms. The van der Waals surface area contributed by atoms with Gasteiger partial charge in [-0.15, -0.1) is 0 Å². The molecule has 7 nitrogen and oxygen atoms in total. The van der Waals surface area contributed by atoms with Crippen LogP contribution in [0.3, 0.4) is 0 Å². The molecular formula is C17H17NO6. The average molecular weight is 331 g/mol. The van der Waals surface area contributed by atoms with Gasteiger partial charge in [0.05, 0.1) is 25.2 Å². The van der Waals surface area contributed by atoms with Gasteiger partial charge in [0.2, 0.25) is 0 Å². The van der Waals surface area contributed by atoms with Crippen LogP contribution in [0, 0.1) is 10.1 Å². The summed E-state index contributed by atoms with van der Waals surface area (Å²) in [6.07, 6.45) is -0.373. The van der Waals surface area contributed by atoms with E-state index in [1.165, 1.54) is 12.1 Å². The van der Waals surface area contributed by atoms with Crippen LogP contribution in [0.4, 0.5) is 5.69 Å². The summed E-state index contributed by atoms with van der Waals surface area (Å²) in [5.41, 5.74) is 1.75. The van der Waals surface area contributed by atoms with E-state index in [1.807, 2.05) is 12.1 Å². The standard InChI is InChI=1S/C17H17NO6/c1-21-16-10-13(17-22-8-9-23-17)4-7-15(16)24-11-12-2-5-14(6-3-12)18(19)20/h2-7,10,17H,8-9,11H2,1H3. The van der Waals surface area contributed by atoms with Crippen LogP contribution in [-0.2, 0) is 16.1 Å². The molecule has 0 saturated carbocycles. The minimum absolute atomic E-state index is 0.0530. The number of nitrogens with zero attached hydrogens (tertiary/aromatic N) is 1. The van der Waals surface area contributed by atoms with E-state index in [9.17, 15) is 10.1 Å². The summed E-state index contributed by atoms with van der Waals surface area (Å²) in [4.78, 5) is 10.2. The molecule has 0 amide bonds. The first-order valence-corrected chi connectivity index (χ1v) is 7.44. The molecule has 7 heteroatoms. The number of rotatable bonds is 6. The molecule has 126 valence electrons. The molecule has 1 heterocycles. The van der Waals surface area contributed by atoms with Gasteiger partial charge in [0.25, 0.3) is 5.69 Å². The molecule has 2 aromatic carbocycles. The van der Waals surface area contributed by atoms with Gasteiger partial charge >= 0.3 is 0 Å². The number of nitro groups is 1. The first-order chi connectivity index (χ1) is 11.7. The fourth-order valence-corrected chi connectivity index (χ4v) is 2.38. The molecule has 0 aromatic heterocycles. The zero-order valence-corrected chi connectivity index (χ0v) is 13.1. The molecule has 2 aromatic rings. The van der Waals surface area contributed by atoms with Crippen molar-refractivity contribution in [2.75, 3.05) is 20.3 Å². The van der Waals surface area contributed by atoms with Gasteiger partial charge in [-0.1, -0.05) is 6.07 Å². The van der Waals surface area contributed by atoms with E-state index in [2.05, 4.69) is 0 Å². The van der Waals surface area contributed by atoms with E-state index in [0.717, 1.165) is 11.1 Å². The van der Waals surface area contributed by atoms with Gasteiger partial charge in [0, 0.05) is 17.7 Å². The third kappa shape index (κ3) is 3.64. The summed E-state index contributed by atoms with van der Waals surface area (Å²) in [6, 6.07) is 11.7. The highest BCUT2D eigenvalue weighted by atomic mass is 16.7. The fourth-order valence-electron chi connectivity index (χ4n) is 2.38. The summed E-state index contributed by atoms with van der Waals surface area (Å²) in [5, 5.41) is 10.7. The summed E-state index contributed by atoms with van der Waals surface area (Å²) in [6.45, 7) is 1.43. The second-order valence-electron chi connectivity index (χ2n) is 5.20. The average Bonchev–Trinajstić information content (AvgIpc) is 3.14. The normalized spacial score (nSPS) is 14.5. The van der Waals surface area contributed by atoms with E-state index in [1.54, 1.807) is 25.3 Å². The minimum Gasteiger partial charge on any atom is -0.493 e. The van der Waals surface area contributed by atoms with Gasteiger partial charge < -0.3 is 18.9 Å². The van der Waals surface area contributed by atoms with Crippen molar-refractivity contribution < 1.29 is 23.9 Å². The molecule has 0 bridgehead atoms. The maximum Gasteiger partial charge on any atom is 0.269 e. The van der Waals surface area contributed by atoms with Gasteiger partial charge in [-0.25, -0.2) is 0 Å². The van der Waals surface area contributed by atoms with Crippen molar-refractivity contribution in [3.8, 4) is 11.5 Å². The van der Waals surface area contributed by atoms with Crippen molar-refractivity contribution in [3.63, 3.8) is 0 Å². The van der Waals surface area contributed by atoms with E-state index in [4.69, 9.17) is 18.9 Å². The number of hydrogen-bond acceptors (Lipinski definition) is 6. The predicted molar refractivity (Wildman–Crippen MR) is 85.1 cm³/mol. The van der Waals surface area contributed by atoms with Crippen molar-refractivity contribution in [1.82, 2.24) is 0 Å². The highest BCUT2D eigenvalue weighted by Crippen LogP contribution is 2.33. The van der Waals surface area contributed by atoms with Gasteiger partial charge in [-0.2, -0.15) is 0 Å². The van der Waals surface area contributed by atoms with Crippen LogP contribution in [0.1, 0.15) is 17.4 Å². The molecule has 24 heavy (non-hydrogen) atoms. The van der Waals surface area contributed by atoms with Crippen LogP contribution in [0.2, 0.25) is 0 Å². The first-order valence-electron chi connectivity index (χ1n) is 7.44. The number of nitro benzene ring substituents is 1. The molecule has 1 saturated heterocycles. The molecule has 0 aliphatic carbocycles. The first kappa shape index (κ1) is 16.2. The number of benzene rings is 2. The van der Waals surface area contributed by atoms with Gasteiger partial charge in [0.1, 0.15) is 6.61 Å². The van der Waals surface area contributed by atoms with E-state index >= 15 is 0 Å². The van der Waals surface area contributed by atoms with Crippen molar-refractivity contribution >= 4 is 5.69 Å². The lowest BCUT2D eigenvalue weighted by Crippen LogP contribution is -2.01. The molecule has 3 rings (SSSR count). The topological polar surface area (TPSA) is 80.1 Å². The Morgan fingerprint density at radius 2 is 1.83 bits per heavy atom. The Kier molecular flexibility index (Phi) is 4.93. The Balaban J connectivity index is 1.68. The highest BCUT2D eigenvalue weighted by molar-refractivity contribution is 5.43. The Morgan fingerprint density at radius 1 is 1.12 bits per heavy atom. The summed E-state index contributed by atoms with van der Waals surface area (Å²) in [5.74, 6) is 1.16. The van der Waals surface area contributed by atoms with Crippen LogP contribution < -0.4 is 9.47 Å². The second-order valence-corrected chi connectivity index (χ2v) is 5.20. The van der Waals surface area contributed by atoms with Crippen LogP contribution in [0.5, 0.6) is 11.5 Å². The molecule has 0 unspecified atom stereocenters. The number of methoxy groups -OCH3 is 1. The minimum atomic E-state index is -0.431. The number of non-ortho nitro benzene ring substituents is 1. The van der Waals surface area contributed by atoms with Crippen molar-refractivity contribution in [1.29, 1.82) is 0 Å². The lowest BCUT2D eigenvalue weighted by atomic mass is 10.2. The maximum absolute atomic E-state index is 10.7. The Labute approximate surface area is 138 Å². The Hall–Kier alpha value is -2.64. The summed E-state index contributed by atoms with van der Waals surface area (Å²) >= 11 is 0. The number of ether oxygens (including phenoxy) is 4. The quantitative estimate of drug-likeness (QED) is 0.597. The van der Waals surface area contributed by atoms with E-state index < -0.39 is 4.92 Å². The van der Waals surface area contributed by atoms with Crippen LogP contribution in [-0.4, -0.2) is 25.2 Å². The smallest absolute Gasteiger partial charge is 0.269 e. The van der Waals surface area contributed by atoms with E-state index in [-0.39, 0.29) is 18.6 Å². The maximum atomic E-state index is 10.7. The third-order valence-electron chi connectivity index (χ3n) is 3.62. The summed E-state index contributed by atoms with van der Waals surface area (Å²) in [7, 11) is 1.56. The fraction of sp³-hybridized carbons (Fsp3) is 0.294. The number of hydrogen-bond donors (Lipinski definition) is 0. The molecule has 1 aliphatic rings. The summed E-state index contributed by atoms with van der Waals surface area (Å²) < 4.78 is 22.0. The monoisotopic (exact) mass is 331 g/mol. The van der Waals surface area contributed by atoms with Crippen molar-refractivity contribution in [2.45, 2.75) is 12.9 Å². The largest absolute Gasteiger partial charge is 0.493 e. The molecule has 0 radical (unpaired) electrons. The third-order valence-corrected chi connectivity index (χ3v) is 3.62. The highest BCUT2D eigenvalue weighted by Gasteiger charge is 2.20. The molecule has 0 N–H and O–H groups in total. The van der Waals surface area contributed by atoms with E-state index in [0.29, 0.717) is 24.7 Å². The predicted octanol–water partition coefficient (Wildman–Crippen LogP) is 3.23. The molecular weight excluding hydrogens is 314 g/mol. The SMILES string of the molecule is COc1cc(C2OCCO2)ccc1OCc1ccc([N+](=O)[O-])cc1. The zero-order valence-electron chi connectivity index (χ0n) is 13.1. The van der Waals surface area contributed by atoms with Gasteiger partial charge in [-0.3, -0.25) is 10.1 Å². The van der Waals surface area contributed by atoms with Crippen LogP contribution >= 0.6 is 0 Å². The van der Waals surface area contributed by atoms with Gasteiger partial charge in [-0.05, 0) is 29.8 Å². The second kappa shape index (κ2) is 7.29. The lowest BCUT2D eigenvalue weighted by molar-refractivity contribution is -0.384. The molecule has 1 fully saturated rings. The molecule has 0 atom stereocenters. The van der Waals surface area contributed by atoms with Crippen LogP contribution in [0.15, 0.2) is 42.5 Å². The van der Waals surface area contributed by atoms with Crippen molar-refractivity contribution in [3.05, 3.63) is 63.7 Å². The van der Waals surface area contributed by atoms with Crippen LogP contribution in [0.25, 0.3) is 0 Å². The Bertz CT molecular complexity index is 710. The lowest BCUT2D eigenvalue weighted by Gasteiger charge is -2.14. The van der Waals surface area contributed by atoms with Crippen molar-refractivity contribution in [2.24, 2.45) is 0 Å².